The van der Waals surface area contributed by atoms with Crippen molar-refractivity contribution < 1.29 is 18.3 Å². The van der Waals surface area contributed by atoms with Crippen LogP contribution >= 0.6 is 11.6 Å². The molecule has 144 valence electrons. The molecule has 2 saturated heterocycles. The molecule has 1 atom stereocenters. The van der Waals surface area contributed by atoms with E-state index in [1.54, 1.807) is 4.90 Å². The third-order valence-corrected chi connectivity index (χ3v) is 5.52. The molecule has 26 heavy (non-hydrogen) atoms. The maximum absolute atomic E-state index is 12.4. The Kier molecular flexibility index (Phi) is 6.53. The van der Waals surface area contributed by atoms with Crippen molar-refractivity contribution in [2.45, 2.75) is 32.3 Å². The standard InChI is InChI=1S/C18H24ClF2N3O2/c19-15-10-14(3-4-16(15)26-17(20)21)23-18(25)24-8-5-12(6-9-24)13-2-1-7-22-11-13/h3-4,10,12-13,17,22H,1-2,5-9,11H2,(H,23,25). The average molecular weight is 388 g/mol. The molecule has 0 bridgehead atoms. The van der Waals surface area contributed by atoms with Crippen molar-refractivity contribution in [2.75, 3.05) is 31.5 Å². The second kappa shape index (κ2) is 8.86. The van der Waals surface area contributed by atoms with Gasteiger partial charge in [-0.2, -0.15) is 8.78 Å². The number of urea groups is 1. The van der Waals surface area contributed by atoms with Crippen LogP contribution in [-0.4, -0.2) is 43.7 Å². The normalized spacial score (nSPS) is 21.7. The largest absolute Gasteiger partial charge is 0.433 e. The monoisotopic (exact) mass is 387 g/mol. The number of carbonyl (C=O) groups is 1. The van der Waals surface area contributed by atoms with Crippen LogP contribution < -0.4 is 15.4 Å². The summed E-state index contributed by atoms with van der Waals surface area (Å²) in [6, 6.07) is 4.05. The summed E-state index contributed by atoms with van der Waals surface area (Å²) in [5.41, 5.74) is 0.459. The maximum atomic E-state index is 12.4. The molecule has 1 aromatic carbocycles. The maximum Gasteiger partial charge on any atom is 0.387 e. The fourth-order valence-corrected chi connectivity index (χ4v) is 4.05. The van der Waals surface area contributed by atoms with Crippen LogP contribution in [0.4, 0.5) is 19.3 Å². The van der Waals surface area contributed by atoms with Crippen molar-refractivity contribution in [2.24, 2.45) is 11.8 Å². The third kappa shape index (κ3) is 4.98. The van der Waals surface area contributed by atoms with Crippen LogP contribution in [0.2, 0.25) is 5.02 Å². The summed E-state index contributed by atoms with van der Waals surface area (Å²) in [4.78, 5) is 14.2. The summed E-state index contributed by atoms with van der Waals surface area (Å²) in [7, 11) is 0. The molecular formula is C18H24ClF2N3O2. The summed E-state index contributed by atoms with van der Waals surface area (Å²) in [6.45, 7) is 0.721. The summed E-state index contributed by atoms with van der Waals surface area (Å²) in [5, 5.41) is 6.27. The Labute approximate surface area is 157 Å². The summed E-state index contributed by atoms with van der Waals surface area (Å²) >= 11 is 5.92. The lowest BCUT2D eigenvalue weighted by Crippen LogP contribution is -2.44. The number of nitrogens with one attached hydrogen (secondary N) is 2. The number of nitrogens with zero attached hydrogens (tertiary/aromatic N) is 1. The Morgan fingerprint density at radius 2 is 2.04 bits per heavy atom. The zero-order valence-electron chi connectivity index (χ0n) is 14.5. The Hall–Kier alpha value is -1.60. The lowest BCUT2D eigenvalue weighted by Gasteiger charge is -2.37. The Balaban J connectivity index is 1.50. The van der Waals surface area contributed by atoms with Crippen molar-refractivity contribution in [1.82, 2.24) is 10.2 Å². The van der Waals surface area contributed by atoms with Crippen LogP contribution in [0.25, 0.3) is 0 Å². The Morgan fingerprint density at radius 1 is 1.27 bits per heavy atom. The molecule has 8 heteroatoms. The molecule has 0 aliphatic carbocycles. The number of amides is 2. The number of alkyl halides is 2. The Morgan fingerprint density at radius 3 is 2.65 bits per heavy atom. The van der Waals surface area contributed by atoms with Gasteiger partial charge in [-0.3, -0.25) is 0 Å². The second-order valence-corrected chi connectivity index (χ2v) is 7.29. The smallest absolute Gasteiger partial charge is 0.387 e. The van der Waals surface area contributed by atoms with Gasteiger partial charge in [0.1, 0.15) is 5.75 Å². The van der Waals surface area contributed by atoms with Crippen molar-refractivity contribution in [3.63, 3.8) is 0 Å². The molecule has 0 spiro atoms. The number of likely N-dealkylation sites (tertiary alicyclic amines) is 1. The molecule has 2 N–H and O–H groups in total. The highest BCUT2D eigenvalue weighted by atomic mass is 35.5. The van der Waals surface area contributed by atoms with Crippen LogP contribution in [0.1, 0.15) is 25.7 Å². The fourth-order valence-electron chi connectivity index (χ4n) is 3.83. The summed E-state index contributed by atoms with van der Waals surface area (Å²) in [5.74, 6) is 1.28. The van der Waals surface area contributed by atoms with Gasteiger partial charge in [0.05, 0.1) is 5.02 Å². The second-order valence-electron chi connectivity index (χ2n) is 6.88. The zero-order valence-corrected chi connectivity index (χ0v) is 15.3. The lowest BCUT2D eigenvalue weighted by molar-refractivity contribution is -0.0497. The molecule has 0 saturated carbocycles. The van der Waals surface area contributed by atoms with E-state index < -0.39 is 6.61 Å². The number of hydrogen-bond donors (Lipinski definition) is 2. The van der Waals surface area contributed by atoms with Gasteiger partial charge in [0.25, 0.3) is 0 Å². The van der Waals surface area contributed by atoms with Gasteiger partial charge >= 0.3 is 12.6 Å². The first-order valence-electron chi connectivity index (χ1n) is 9.04. The van der Waals surface area contributed by atoms with Gasteiger partial charge in [-0.05, 0) is 68.8 Å². The first-order chi connectivity index (χ1) is 12.5. The summed E-state index contributed by atoms with van der Waals surface area (Å²) in [6.07, 6.45) is 4.54. The van der Waals surface area contributed by atoms with Crippen LogP contribution in [0.5, 0.6) is 5.75 Å². The van der Waals surface area contributed by atoms with E-state index in [4.69, 9.17) is 11.6 Å². The van der Waals surface area contributed by atoms with Crippen molar-refractivity contribution in [3.8, 4) is 5.75 Å². The molecule has 5 nitrogen and oxygen atoms in total. The van der Waals surface area contributed by atoms with Gasteiger partial charge < -0.3 is 20.3 Å². The number of halogens is 3. The number of benzene rings is 1. The van der Waals surface area contributed by atoms with Crippen molar-refractivity contribution in [1.29, 1.82) is 0 Å². The summed E-state index contributed by atoms with van der Waals surface area (Å²) < 4.78 is 28.8. The van der Waals surface area contributed by atoms with E-state index in [9.17, 15) is 13.6 Å². The first-order valence-corrected chi connectivity index (χ1v) is 9.41. The highest BCUT2D eigenvalue weighted by Crippen LogP contribution is 2.31. The molecule has 2 aliphatic heterocycles. The van der Waals surface area contributed by atoms with Crippen LogP contribution in [0.15, 0.2) is 18.2 Å². The molecule has 0 aromatic heterocycles. The van der Waals surface area contributed by atoms with Crippen LogP contribution in [0.3, 0.4) is 0 Å². The number of hydrogen-bond acceptors (Lipinski definition) is 3. The number of anilines is 1. The number of ether oxygens (including phenoxy) is 1. The molecule has 2 heterocycles. The quantitative estimate of drug-likeness (QED) is 0.814. The van der Waals surface area contributed by atoms with Crippen molar-refractivity contribution >= 4 is 23.3 Å². The molecule has 3 rings (SSSR count). The number of piperidine rings is 2. The highest BCUT2D eigenvalue weighted by molar-refractivity contribution is 6.32. The third-order valence-electron chi connectivity index (χ3n) is 5.23. The van der Waals surface area contributed by atoms with Crippen LogP contribution in [0, 0.1) is 11.8 Å². The SMILES string of the molecule is O=C(Nc1ccc(OC(F)F)c(Cl)c1)N1CCC(C2CCCNC2)CC1. The molecule has 2 amide bonds. The van der Waals surface area contributed by atoms with E-state index in [-0.39, 0.29) is 16.8 Å². The molecule has 1 unspecified atom stereocenters. The molecule has 2 aliphatic rings. The van der Waals surface area contributed by atoms with E-state index in [2.05, 4.69) is 15.4 Å². The highest BCUT2D eigenvalue weighted by Gasteiger charge is 2.29. The molecular weight excluding hydrogens is 364 g/mol. The fraction of sp³-hybridized carbons (Fsp3) is 0.611. The minimum Gasteiger partial charge on any atom is -0.433 e. The van der Waals surface area contributed by atoms with Gasteiger partial charge in [0.2, 0.25) is 0 Å². The van der Waals surface area contributed by atoms with E-state index in [0.29, 0.717) is 11.6 Å². The Bertz CT molecular complexity index is 618. The lowest BCUT2D eigenvalue weighted by atomic mass is 9.80. The number of rotatable bonds is 4. The van der Waals surface area contributed by atoms with Gasteiger partial charge in [0, 0.05) is 18.8 Å². The van der Waals surface area contributed by atoms with Gasteiger partial charge in [-0.15, -0.1) is 0 Å². The molecule has 0 radical (unpaired) electrons. The predicted octanol–water partition coefficient (Wildman–Crippen LogP) is 4.18. The van der Waals surface area contributed by atoms with Gasteiger partial charge in [-0.1, -0.05) is 11.6 Å². The van der Waals surface area contributed by atoms with Gasteiger partial charge in [-0.25, -0.2) is 4.79 Å². The van der Waals surface area contributed by atoms with E-state index in [1.807, 2.05) is 0 Å². The van der Waals surface area contributed by atoms with E-state index in [0.717, 1.165) is 44.9 Å². The molecule has 1 aromatic rings. The minimum atomic E-state index is -2.94. The first kappa shape index (κ1) is 19.2. The topological polar surface area (TPSA) is 53.6 Å². The number of carbonyl (C=O) groups excluding carboxylic acids is 1. The van der Waals surface area contributed by atoms with Crippen molar-refractivity contribution in [3.05, 3.63) is 23.2 Å². The van der Waals surface area contributed by atoms with Crippen LogP contribution in [-0.2, 0) is 0 Å². The average Bonchev–Trinajstić information content (AvgIpc) is 2.64. The predicted molar refractivity (Wildman–Crippen MR) is 97.0 cm³/mol. The van der Waals surface area contributed by atoms with E-state index >= 15 is 0 Å². The molecule has 2 fully saturated rings. The van der Waals surface area contributed by atoms with E-state index in [1.165, 1.54) is 31.0 Å². The van der Waals surface area contributed by atoms with Gasteiger partial charge in [0.15, 0.2) is 0 Å². The zero-order chi connectivity index (χ0) is 18.5. The minimum absolute atomic E-state index is 0.0339.